The van der Waals surface area contributed by atoms with Gasteiger partial charge in [-0.1, -0.05) is 6.92 Å². The first-order valence-electron chi connectivity index (χ1n) is 7.41. The molecular weight excluding hydrogens is 332 g/mol. The Morgan fingerprint density at radius 1 is 1.43 bits per heavy atom. The molecule has 0 spiro atoms. The Morgan fingerprint density at radius 3 is 2.76 bits per heavy atom. The SMILES string of the molecule is CC1CCCN(c2ccc(Br)c(C(=O)OC(C)(C)C)n2)C1. The second-order valence-corrected chi connectivity index (χ2v) is 7.55. The molecule has 0 N–H and O–H groups in total. The Morgan fingerprint density at radius 2 is 2.14 bits per heavy atom. The summed E-state index contributed by atoms with van der Waals surface area (Å²) in [6.07, 6.45) is 2.42. The maximum absolute atomic E-state index is 12.2. The predicted octanol–water partition coefficient (Wildman–Crippen LogP) is 4.04. The number of hydrogen-bond acceptors (Lipinski definition) is 4. The van der Waals surface area contributed by atoms with Gasteiger partial charge in [0.15, 0.2) is 5.69 Å². The molecule has 5 heteroatoms. The molecule has 0 radical (unpaired) electrons. The fourth-order valence-corrected chi connectivity index (χ4v) is 2.86. The molecule has 1 unspecified atom stereocenters. The van der Waals surface area contributed by atoms with Crippen LogP contribution in [0.2, 0.25) is 0 Å². The van der Waals surface area contributed by atoms with Crippen molar-refractivity contribution in [2.24, 2.45) is 5.92 Å². The summed E-state index contributed by atoms with van der Waals surface area (Å²) in [7, 11) is 0. The van der Waals surface area contributed by atoms with Crippen LogP contribution >= 0.6 is 15.9 Å². The number of halogens is 1. The van der Waals surface area contributed by atoms with E-state index in [9.17, 15) is 4.79 Å². The number of nitrogens with zero attached hydrogens (tertiary/aromatic N) is 2. The molecule has 2 heterocycles. The van der Waals surface area contributed by atoms with Gasteiger partial charge in [-0.2, -0.15) is 0 Å². The highest BCUT2D eigenvalue weighted by atomic mass is 79.9. The molecule has 1 atom stereocenters. The van der Waals surface area contributed by atoms with Crippen LogP contribution in [-0.2, 0) is 4.74 Å². The number of rotatable bonds is 2. The van der Waals surface area contributed by atoms with Crippen LogP contribution < -0.4 is 4.90 Å². The number of hydrogen-bond donors (Lipinski definition) is 0. The smallest absolute Gasteiger partial charge is 0.358 e. The standard InChI is InChI=1S/C16H23BrN2O2/c1-11-6-5-9-19(10-11)13-8-7-12(17)14(18-13)15(20)21-16(2,3)4/h7-8,11H,5-6,9-10H2,1-4H3. The monoisotopic (exact) mass is 354 g/mol. The number of carbonyl (C=O) groups excluding carboxylic acids is 1. The number of ether oxygens (including phenoxy) is 1. The van der Waals surface area contributed by atoms with E-state index >= 15 is 0 Å². The minimum absolute atomic E-state index is 0.348. The average molecular weight is 355 g/mol. The van der Waals surface area contributed by atoms with Crippen LogP contribution in [0.15, 0.2) is 16.6 Å². The van der Waals surface area contributed by atoms with Crippen LogP contribution in [0, 0.1) is 5.92 Å². The van der Waals surface area contributed by atoms with E-state index in [-0.39, 0.29) is 5.97 Å². The van der Waals surface area contributed by atoms with Crippen molar-refractivity contribution in [3.63, 3.8) is 0 Å². The minimum Gasteiger partial charge on any atom is -0.455 e. The Labute approximate surface area is 135 Å². The lowest BCUT2D eigenvalue weighted by molar-refractivity contribution is 0.00618. The maximum Gasteiger partial charge on any atom is 0.358 e. The molecule has 1 aromatic heterocycles. The van der Waals surface area contributed by atoms with Crippen molar-refractivity contribution >= 4 is 27.7 Å². The van der Waals surface area contributed by atoms with Crippen LogP contribution in [0.3, 0.4) is 0 Å². The van der Waals surface area contributed by atoms with Crippen molar-refractivity contribution in [3.8, 4) is 0 Å². The number of carbonyl (C=O) groups is 1. The summed E-state index contributed by atoms with van der Waals surface area (Å²) in [6.45, 7) is 9.80. The van der Waals surface area contributed by atoms with Gasteiger partial charge in [0.1, 0.15) is 11.4 Å². The number of aromatic nitrogens is 1. The van der Waals surface area contributed by atoms with Gasteiger partial charge in [-0.05, 0) is 67.6 Å². The van der Waals surface area contributed by atoms with Gasteiger partial charge in [-0.15, -0.1) is 0 Å². The van der Waals surface area contributed by atoms with Crippen molar-refractivity contribution < 1.29 is 9.53 Å². The Hall–Kier alpha value is -1.10. The second kappa shape index (κ2) is 6.34. The summed E-state index contributed by atoms with van der Waals surface area (Å²) in [6, 6.07) is 3.83. The Balaban J connectivity index is 2.22. The third-order valence-corrected chi connectivity index (χ3v) is 4.04. The fraction of sp³-hybridized carbons (Fsp3) is 0.625. The first kappa shape index (κ1) is 16.3. The van der Waals surface area contributed by atoms with Gasteiger partial charge in [0, 0.05) is 13.1 Å². The molecule has 0 amide bonds. The molecule has 1 aromatic rings. The third-order valence-electron chi connectivity index (χ3n) is 3.40. The van der Waals surface area contributed by atoms with E-state index in [0.29, 0.717) is 16.1 Å². The molecule has 0 aliphatic carbocycles. The van der Waals surface area contributed by atoms with E-state index in [1.54, 1.807) is 0 Å². The molecule has 1 fully saturated rings. The third kappa shape index (κ3) is 4.43. The zero-order valence-electron chi connectivity index (χ0n) is 13.1. The van der Waals surface area contributed by atoms with Crippen LogP contribution in [0.1, 0.15) is 51.0 Å². The maximum atomic E-state index is 12.2. The largest absolute Gasteiger partial charge is 0.455 e. The number of pyridine rings is 1. The first-order valence-corrected chi connectivity index (χ1v) is 8.20. The van der Waals surface area contributed by atoms with Gasteiger partial charge >= 0.3 is 5.97 Å². The normalized spacial score (nSPS) is 19.5. The lowest BCUT2D eigenvalue weighted by Crippen LogP contribution is -2.35. The zero-order chi connectivity index (χ0) is 15.6. The molecule has 1 aliphatic heterocycles. The van der Waals surface area contributed by atoms with Crippen LogP contribution in [0.5, 0.6) is 0 Å². The van der Waals surface area contributed by atoms with Gasteiger partial charge in [-0.3, -0.25) is 0 Å². The van der Waals surface area contributed by atoms with Gasteiger partial charge in [-0.25, -0.2) is 9.78 Å². The fourth-order valence-electron chi connectivity index (χ4n) is 2.48. The van der Waals surface area contributed by atoms with E-state index in [4.69, 9.17) is 4.74 Å². The van der Waals surface area contributed by atoms with Crippen molar-refractivity contribution in [1.82, 2.24) is 4.98 Å². The van der Waals surface area contributed by atoms with E-state index in [1.807, 2.05) is 32.9 Å². The summed E-state index contributed by atoms with van der Waals surface area (Å²) in [5.41, 5.74) is -0.172. The number of esters is 1. The van der Waals surface area contributed by atoms with Crippen LogP contribution in [0.4, 0.5) is 5.82 Å². The van der Waals surface area contributed by atoms with Crippen molar-refractivity contribution in [2.45, 2.75) is 46.1 Å². The summed E-state index contributed by atoms with van der Waals surface area (Å²) in [5.74, 6) is 1.13. The van der Waals surface area contributed by atoms with Crippen LogP contribution in [-0.4, -0.2) is 29.6 Å². The van der Waals surface area contributed by atoms with Gasteiger partial charge in [0.25, 0.3) is 0 Å². The molecule has 1 saturated heterocycles. The van der Waals surface area contributed by atoms with E-state index in [1.165, 1.54) is 12.8 Å². The molecule has 4 nitrogen and oxygen atoms in total. The minimum atomic E-state index is -0.520. The molecule has 2 rings (SSSR count). The lowest BCUT2D eigenvalue weighted by atomic mass is 10.0. The lowest BCUT2D eigenvalue weighted by Gasteiger charge is -2.32. The predicted molar refractivity (Wildman–Crippen MR) is 87.7 cm³/mol. The summed E-state index contributed by atoms with van der Waals surface area (Å²) < 4.78 is 6.09. The van der Waals surface area contributed by atoms with Crippen molar-refractivity contribution in [3.05, 3.63) is 22.3 Å². The molecule has 0 saturated carbocycles. The van der Waals surface area contributed by atoms with Gasteiger partial charge in [0.05, 0.1) is 4.47 Å². The summed E-state index contributed by atoms with van der Waals surface area (Å²) >= 11 is 3.39. The van der Waals surface area contributed by atoms with Crippen LogP contribution in [0.25, 0.3) is 0 Å². The summed E-state index contributed by atoms with van der Waals surface area (Å²) in [4.78, 5) is 19.0. The number of piperidine rings is 1. The average Bonchev–Trinajstić information content (AvgIpc) is 2.37. The number of anilines is 1. The molecule has 116 valence electrons. The van der Waals surface area contributed by atoms with Crippen molar-refractivity contribution in [2.75, 3.05) is 18.0 Å². The molecule has 1 aliphatic rings. The molecule has 0 bridgehead atoms. The molecule has 21 heavy (non-hydrogen) atoms. The van der Waals surface area contributed by atoms with Gasteiger partial charge in [0.2, 0.25) is 0 Å². The Kier molecular flexibility index (Phi) is 4.91. The van der Waals surface area contributed by atoms with E-state index in [0.717, 1.165) is 18.9 Å². The topological polar surface area (TPSA) is 42.4 Å². The molecule has 0 aromatic carbocycles. The van der Waals surface area contributed by atoms with Gasteiger partial charge < -0.3 is 9.64 Å². The van der Waals surface area contributed by atoms with E-state index < -0.39 is 5.60 Å². The Bertz CT molecular complexity index is 525. The highest BCUT2D eigenvalue weighted by molar-refractivity contribution is 9.10. The quantitative estimate of drug-likeness (QED) is 0.751. The van der Waals surface area contributed by atoms with E-state index in [2.05, 4.69) is 32.7 Å². The second-order valence-electron chi connectivity index (χ2n) is 6.70. The van der Waals surface area contributed by atoms with Crippen molar-refractivity contribution in [1.29, 1.82) is 0 Å². The first-order chi connectivity index (χ1) is 9.76. The molecular formula is C16H23BrN2O2. The zero-order valence-corrected chi connectivity index (χ0v) is 14.7. The highest BCUT2D eigenvalue weighted by Crippen LogP contribution is 2.25. The highest BCUT2D eigenvalue weighted by Gasteiger charge is 2.23. The summed E-state index contributed by atoms with van der Waals surface area (Å²) in [5, 5.41) is 0.